The van der Waals surface area contributed by atoms with E-state index in [1.54, 1.807) is 4.52 Å². The van der Waals surface area contributed by atoms with Crippen LogP contribution in [0.5, 0.6) is 0 Å². The van der Waals surface area contributed by atoms with Crippen molar-refractivity contribution in [3.05, 3.63) is 41.2 Å². The van der Waals surface area contributed by atoms with Crippen LogP contribution in [-0.4, -0.2) is 38.8 Å². The molecule has 0 aliphatic carbocycles. The lowest BCUT2D eigenvalue weighted by Gasteiger charge is -2.11. The average molecular weight is 298 g/mol. The first kappa shape index (κ1) is 14.5. The molecule has 114 valence electrons. The minimum atomic E-state index is -0.127. The molecule has 6 nitrogen and oxygen atoms in total. The molecule has 0 saturated heterocycles. The van der Waals surface area contributed by atoms with Crippen LogP contribution in [0, 0.1) is 13.8 Å². The number of hydrogen-bond donors (Lipinski definition) is 2. The highest BCUT2D eigenvalue weighted by Crippen LogP contribution is 2.22. The molecule has 2 aromatic heterocycles. The molecule has 0 fully saturated rings. The molecular formula is C16H18N4O2. The molecule has 0 radical (unpaired) electrons. The fourth-order valence-corrected chi connectivity index (χ4v) is 2.65. The van der Waals surface area contributed by atoms with Gasteiger partial charge in [-0.25, -0.2) is 9.50 Å². The van der Waals surface area contributed by atoms with E-state index in [0.717, 1.165) is 33.5 Å². The Labute approximate surface area is 127 Å². The largest absolute Gasteiger partial charge is 0.395 e. The van der Waals surface area contributed by atoms with Gasteiger partial charge in [-0.15, -0.1) is 0 Å². The summed E-state index contributed by atoms with van der Waals surface area (Å²) in [6.45, 7) is 4.05. The predicted molar refractivity (Wildman–Crippen MR) is 83.8 cm³/mol. The Morgan fingerprint density at radius 3 is 2.86 bits per heavy atom. The highest BCUT2D eigenvalue weighted by Gasteiger charge is 2.15. The summed E-state index contributed by atoms with van der Waals surface area (Å²) in [6.07, 6.45) is 0.233. The molecule has 1 aromatic carbocycles. The molecule has 6 heteroatoms. The standard InChI is InChI=1S/C16H18N4O2/c1-10-13(9-15(22)17-7-8-21)11(2)20-16(18-10)12-5-3-4-6-14(12)19-20/h3-6,21H,7-9H2,1-2H3,(H,17,22). The summed E-state index contributed by atoms with van der Waals surface area (Å²) in [5, 5.41) is 17.0. The fourth-order valence-electron chi connectivity index (χ4n) is 2.65. The van der Waals surface area contributed by atoms with E-state index in [9.17, 15) is 4.79 Å². The van der Waals surface area contributed by atoms with Gasteiger partial charge in [0.1, 0.15) is 0 Å². The van der Waals surface area contributed by atoms with Crippen molar-refractivity contribution in [3.63, 3.8) is 0 Å². The Morgan fingerprint density at radius 1 is 1.32 bits per heavy atom. The van der Waals surface area contributed by atoms with Crippen molar-refractivity contribution in [2.24, 2.45) is 0 Å². The highest BCUT2D eigenvalue weighted by atomic mass is 16.3. The van der Waals surface area contributed by atoms with Gasteiger partial charge in [-0.2, -0.15) is 5.10 Å². The van der Waals surface area contributed by atoms with Crippen LogP contribution in [0.15, 0.2) is 24.3 Å². The van der Waals surface area contributed by atoms with Crippen LogP contribution in [0.25, 0.3) is 16.6 Å². The van der Waals surface area contributed by atoms with Crippen molar-refractivity contribution in [1.29, 1.82) is 0 Å². The molecule has 3 aromatic rings. The zero-order chi connectivity index (χ0) is 15.7. The van der Waals surface area contributed by atoms with Gasteiger partial charge in [0, 0.05) is 28.9 Å². The van der Waals surface area contributed by atoms with E-state index < -0.39 is 0 Å². The lowest BCUT2D eigenvalue weighted by atomic mass is 10.1. The summed E-state index contributed by atoms with van der Waals surface area (Å²) in [4.78, 5) is 16.5. The first-order chi connectivity index (χ1) is 10.6. The number of benzene rings is 1. The maximum Gasteiger partial charge on any atom is 0.224 e. The molecule has 0 bridgehead atoms. The van der Waals surface area contributed by atoms with Gasteiger partial charge in [0.05, 0.1) is 18.5 Å². The van der Waals surface area contributed by atoms with Crippen LogP contribution in [0.1, 0.15) is 17.0 Å². The van der Waals surface area contributed by atoms with Gasteiger partial charge in [-0.3, -0.25) is 4.79 Å². The predicted octanol–water partition coefficient (Wildman–Crippen LogP) is 1.15. The lowest BCUT2D eigenvalue weighted by molar-refractivity contribution is -0.120. The third kappa shape index (κ3) is 2.42. The Bertz CT molecular complexity index is 854. The highest BCUT2D eigenvalue weighted by molar-refractivity contribution is 5.92. The van der Waals surface area contributed by atoms with Gasteiger partial charge in [-0.1, -0.05) is 12.1 Å². The van der Waals surface area contributed by atoms with Crippen molar-refractivity contribution in [2.45, 2.75) is 20.3 Å². The van der Waals surface area contributed by atoms with Crippen LogP contribution in [0.4, 0.5) is 0 Å². The van der Waals surface area contributed by atoms with Gasteiger partial charge in [0.2, 0.25) is 5.91 Å². The van der Waals surface area contributed by atoms with Crippen LogP contribution >= 0.6 is 0 Å². The summed E-state index contributed by atoms with van der Waals surface area (Å²) < 4.78 is 1.80. The van der Waals surface area contributed by atoms with Crippen molar-refractivity contribution >= 4 is 22.5 Å². The average Bonchev–Trinajstić information content (AvgIpc) is 2.88. The number of carbonyl (C=O) groups is 1. The smallest absolute Gasteiger partial charge is 0.224 e. The number of nitrogens with one attached hydrogen (secondary N) is 1. The van der Waals surface area contributed by atoms with Crippen molar-refractivity contribution in [3.8, 4) is 0 Å². The molecule has 0 aliphatic rings. The number of amides is 1. The number of aryl methyl sites for hydroxylation is 2. The maximum absolute atomic E-state index is 11.9. The number of rotatable bonds is 4. The number of aliphatic hydroxyl groups excluding tert-OH is 1. The zero-order valence-corrected chi connectivity index (χ0v) is 12.6. The molecule has 2 N–H and O–H groups in total. The van der Waals surface area contributed by atoms with Gasteiger partial charge in [0.25, 0.3) is 0 Å². The summed E-state index contributed by atoms with van der Waals surface area (Å²) in [5.74, 6) is -0.127. The first-order valence-electron chi connectivity index (χ1n) is 7.23. The molecule has 2 heterocycles. The summed E-state index contributed by atoms with van der Waals surface area (Å²) in [7, 11) is 0. The molecule has 22 heavy (non-hydrogen) atoms. The Morgan fingerprint density at radius 2 is 2.09 bits per heavy atom. The second-order valence-corrected chi connectivity index (χ2v) is 5.26. The molecule has 0 atom stereocenters. The minimum absolute atomic E-state index is 0.0640. The molecule has 0 unspecified atom stereocenters. The number of aliphatic hydroxyl groups is 1. The summed E-state index contributed by atoms with van der Waals surface area (Å²) in [5.41, 5.74) is 4.31. The molecule has 0 spiro atoms. The van der Waals surface area contributed by atoms with Crippen LogP contribution < -0.4 is 5.32 Å². The zero-order valence-electron chi connectivity index (χ0n) is 12.6. The number of fused-ring (bicyclic) bond motifs is 3. The van der Waals surface area contributed by atoms with E-state index >= 15 is 0 Å². The van der Waals surface area contributed by atoms with Crippen LogP contribution in [-0.2, 0) is 11.2 Å². The Hall–Kier alpha value is -2.47. The second-order valence-electron chi connectivity index (χ2n) is 5.26. The van der Waals surface area contributed by atoms with E-state index in [0.29, 0.717) is 0 Å². The Kier molecular flexibility index (Phi) is 3.77. The second kappa shape index (κ2) is 5.73. The SMILES string of the molecule is Cc1nc2c3ccccc3nn2c(C)c1CC(=O)NCCO. The van der Waals surface area contributed by atoms with Gasteiger partial charge in [0.15, 0.2) is 5.65 Å². The van der Waals surface area contributed by atoms with Crippen molar-refractivity contribution in [1.82, 2.24) is 19.9 Å². The van der Waals surface area contributed by atoms with E-state index in [4.69, 9.17) is 5.11 Å². The van der Waals surface area contributed by atoms with E-state index in [1.807, 2.05) is 38.1 Å². The van der Waals surface area contributed by atoms with Crippen molar-refractivity contribution < 1.29 is 9.90 Å². The molecule has 0 aliphatic heterocycles. The lowest BCUT2D eigenvalue weighted by Crippen LogP contribution is -2.28. The van der Waals surface area contributed by atoms with Gasteiger partial charge < -0.3 is 10.4 Å². The maximum atomic E-state index is 11.9. The third-order valence-corrected chi connectivity index (χ3v) is 3.79. The third-order valence-electron chi connectivity index (χ3n) is 3.79. The molecule has 1 amide bonds. The van der Waals surface area contributed by atoms with E-state index in [1.165, 1.54) is 0 Å². The molecule has 3 rings (SSSR count). The quantitative estimate of drug-likeness (QED) is 0.757. The number of nitrogens with zero attached hydrogens (tertiary/aromatic N) is 3. The van der Waals surface area contributed by atoms with Gasteiger partial charge >= 0.3 is 0 Å². The van der Waals surface area contributed by atoms with Crippen LogP contribution in [0.2, 0.25) is 0 Å². The number of aromatic nitrogens is 3. The minimum Gasteiger partial charge on any atom is -0.395 e. The van der Waals surface area contributed by atoms with Gasteiger partial charge in [-0.05, 0) is 26.0 Å². The van der Waals surface area contributed by atoms with E-state index in [-0.39, 0.29) is 25.5 Å². The summed E-state index contributed by atoms with van der Waals surface area (Å²) >= 11 is 0. The fraction of sp³-hybridized carbons (Fsp3) is 0.312. The number of carbonyl (C=O) groups excluding carboxylic acids is 1. The van der Waals surface area contributed by atoms with Crippen molar-refractivity contribution in [2.75, 3.05) is 13.2 Å². The normalized spacial score (nSPS) is 11.2. The summed E-state index contributed by atoms with van der Waals surface area (Å²) in [6, 6.07) is 7.86. The monoisotopic (exact) mass is 298 g/mol. The first-order valence-corrected chi connectivity index (χ1v) is 7.23. The topological polar surface area (TPSA) is 79.5 Å². The number of hydrogen-bond acceptors (Lipinski definition) is 4. The Balaban J connectivity index is 2.08. The van der Waals surface area contributed by atoms with E-state index in [2.05, 4.69) is 15.4 Å². The molecule has 0 saturated carbocycles. The molecular weight excluding hydrogens is 280 g/mol. The van der Waals surface area contributed by atoms with Crippen LogP contribution in [0.3, 0.4) is 0 Å².